The third-order valence-electron chi connectivity index (χ3n) is 6.59. The molecule has 0 aromatic heterocycles. The summed E-state index contributed by atoms with van der Waals surface area (Å²) in [5.74, 6) is 0.180. The van der Waals surface area contributed by atoms with E-state index in [1.807, 2.05) is 12.1 Å². The summed E-state index contributed by atoms with van der Waals surface area (Å²) in [7, 11) is -2.94. The number of benzene rings is 3. The van der Waals surface area contributed by atoms with Crippen LogP contribution < -0.4 is 0 Å². The molecule has 0 heterocycles. The van der Waals surface area contributed by atoms with E-state index in [1.165, 1.54) is 12.5 Å². The first-order valence-corrected chi connectivity index (χ1v) is 15.5. The fraction of sp³-hybridized carbons (Fsp3) is 0.387. The zero-order valence-corrected chi connectivity index (χ0v) is 24.7. The van der Waals surface area contributed by atoms with Gasteiger partial charge in [0.15, 0.2) is 0 Å². The smallest absolute Gasteiger partial charge is 0.303 e. The molecule has 1 N–H and O–H groups in total. The lowest BCUT2D eigenvalue weighted by Gasteiger charge is -2.20. The van der Waals surface area contributed by atoms with Crippen molar-refractivity contribution in [2.45, 2.75) is 65.6 Å². The van der Waals surface area contributed by atoms with Gasteiger partial charge in [-0.1, -0.05) is 61.8 Å². The molecule has 0 radical (unpaired) electrons. The third-order valence-corrected chi connectivity index (χ3v) is 8.50. The van der Waals surface area contributed by atoms with Crippen molar-refractivity contribution >= 4 is 24.9 Å². The van der Waals surface area contributed by atoms with Gasteiger partial charge in [0, 0.05) is 31.2 Å². The average Bonchev–Trinajstić information content (AvgIpc) is 2.81. The number of carbonyl (C=O) groups is 1. The van der Waals surface area contributed by atoms with Crippen LogP contribution in [0, 0.1) is 13.8 Å². The lowest BCUT2D eigenvalue weighted by atomic mass is 9.92. The molecule has 0 aliphatic rings. The number of hydrogen-bond acceptors (Lipinski definition) is 5. The largest absolute Gasteiger partial charge is 0.508 e. The number of phenolic OH excluding ortho intramolecular Hbond substituents is 1. The van der Waals surface area contributed by atoms with Crippen LogP contribution in [0.4, 0.5) is 0 Å². The van der Waals surface area contributed by atoms with E-state index < -0.39 is 19.4 Å². The standard InChI is InChI=1S/C31H38ClO5P/c1-20(2)28-16-24(10-11-30(28)34)17-29-21(3)14-25(15-22(29)4)19-38(6,35)36-13-12-31(37-23(5)33)26-8-7-9-27(32)18-26/h7-11,14-16,18,20,31,34H,12-13,17,19H2,1-6H3/t31-,38?/m0/s1. The number of aryl methyl sites for hydroxylation is 2. The number of phenols is 1. The number of esters is 1. The van der Waals surface area contributed by atoms with E-state index in [0.29, 0.717) is 23.4 Å². The highest BCUT2D eigenvalue weighted by Crippen LogP contribution is 2.47. The second-order valence-corrected chi connectivity index (χ2v) is 13.4. The fourth-order valence-corrected chi connectivity index (χ4v) is 6.39. The molecule has 0 bridgehead atoms. The fourth-order valence-electron chi connectivity index (χ4n) is 4.76. The molecule has 1 unspecified atom stereocenters. The van der Waals surface area contributed by atoms with E-state index in [1.54, 1.807) is 30.9 Å². The first kappa shape index (κ1) is 30.0. The van der Waals surface area contributed by atoms with Gasteiger partial charge >= 0.3 is 5.97 Å². The SMILES string of the molecule is CC(=O)O[C@@H](CCOP(C)(=O)Cc1cc(C)c(Cc2ccc(O)c(C(C)C)c2)c(C)c1)c1cccc(Cl)c1. The second kappa shape index (κ2) is 13.0. The van der Waals surface area contributed by atoms with Crippen molar-refractivity contribution in [3.05, 3.63) is 98.6 Å². The molecule has 0 amide bonds. The minimum Gasteiger partial charge on any atom is -0.508 e. The molecular formula is C31H38ClO5P. The summed E-state index contributed by atoms with van der Waals surface area (Å²) in [6.45, 7) is 11.5. The minimum atomic E-state index is -2.94. The molecule has 7 heteroatoms. The van der Waals surface area contributed by atoms with Crippen molar-refractivity contribution in [2.75, 3.05) is 13.3 Å². The Balaban J connectivity index is 1.67. The lowest BCUT2D eigenvalue weighted by Crippen LogP contribution is -2.11. The summed E-state index contributed by atoms with van der Waals surface area (Å²) in [5, 5.41) is 10.7. The molecular weight excluding hydrogens is 519 g/mol. The molecule has 2 atom stereocenters. The second-order valence-electron chi connectivity index (χ2n) is 10.4. The maximum atomic E-state index is 13.3. The Morgan fingerprint density at radius 2 is 1.71 bits per heavy atom. The van der Waals surface area contributed by atoms with Crippen molar-refractivity contribution in [1.29, 1.82) is 0 Å². The number of halogens is 1. The van der Waals surface area contributed by atoms with Crippen LogP contribution in [0.15, 0.2) is 54.6 Å². The summed E-state index contributed by atoms with van der Waals surface area (Å²) in [5.41, 5.74) is 7.34. The predicted octanol–water partition coefficient (Wildman–Crippen LogP) is 8.50. The normalized spacial score (nSPS) is 13.8. The molecule has 38 heavy (non-hydrogen) atoms. The lowest BCUT2D eigenvalue weighted by molar-refractivity contribution is -0.147. The van der Waals surface area contributed by atoms with Gasteiger partial charge in [-0.15, -0.1) is 0 Å². The van der Waals surface area contributed by atoms with Gasteiger partial charge in [-0.3, -0.25) is 9.36 Å². The Morgan fingerprint density at radius 3 is 2.32 bits per heavy atom. The van der Waals surface area contributed by atoms with E-state index in [9.17, 15) is 14.5 Å². The molecule has 0 aliphatic heterocycles. The van der Waals surface area contributed by atoms with Crippen LogP contribution in [0.2, 0.25) is 5.02 Å². The highest BCUT2D eigenvalue weighted by atomic mass is 35.5. The van der Waals surface area contributed by atoms with Gasteiger partial charge < -0.3 is 14.4 Å². The molecule has 0 aliphatic carbocycles. The Hall–Kier alpha value is -2.59. The third kappa shape index (κ3) is 8.46. The molecule has 3 aromatic rings. The molecule has 204 valence electrons. The van der Waals surface area contributed by atoms with Crippen LogP contribution in [0.25, 0.3) is 0 Å². The number of ether oxygens (including phenoxy) is 1. The van der Waals surface area contributed by atoms with Gasteiger partial charge in [-0.25, -0.2) is 0 Å². The van der Waals surface area contributed by atoms with Crippen molar-refractivity contribution in [3.8, 4) is 5.75 Å². The van der Waals surface area contributed by atoms with E-state index in [-0.39, 0.29) is 12.5 Å². The molecule has 0 fully saturated rings. The van der Waals surface area contributed by atoms with Gasteiger partial charge in [0.1, 0.15) is 11.9 Å². The molecule has 5 nitrogen and oxygen atoms in total. The number of aromatic hydroxyl groups is 1. The zero-order valence-electron chi connectivity index (χ0n) is 23.1. The van der Waals surface area contributed by atoms with Crippen molar-refractivity contribution in [2.24, 2.45) is 0 Å². The van der Waals surface area contributed by atoms with Gasteiger partial charge in [0.25, 0.3) is 0 Å². The Kier molecular flexibility index (Phi) is 10.2. The molecule has 0 spiro atoms. The van der Waals surface area contributed by atoms with Crippen LogP contribution in [0.1, 0.15) is 78.2 Å². The topological polar surface area (TPSA) is 72.8 Å². The number of carbonyl (C=O) groups excluding carboxylic acids is 1. The van der Waals surface area contributed by atoms with Crippen LogP contribution >= 0.6 is 19.0 Å². The highest BCUT2D eigenvalue weighted by molar-refractivity contribution is 7.57. The average molecular weight is 557 g/mol. The maximum absolute atomic E-state index is 13.3. The molecule has 3 aromatic carbocycles. The first-order chi connectivity index (χ1) is 17.8. The Bertz CT molecular complexity index is 1310. The zero-order chi connectivity index (χ0) is 28.0. The monoisotopic (exact) mass is 556 g/mol. The summed E-state index contributed by atoms with van der Waals surface area (Å²) < 4.78 is 24.7. The maximum Gasteiger partial charge on any atom is 0.303 e. The van der Waals surface area contributed by atoms with Gasteiger partial charge in [-0.05, 0) is 83.3 Å². The summed E-state index contributed by atoms with van der Waals surface area (Å²) in [4.78, 5) is 11.6. The Labute approximate surface area is 231 Å². The van der Waals surface area contributed by atoms with Crippen molar-refractivity contribution < 1.29 is 23.7 Å². The highest BCUT2D eigenvalue weighted by Gasteiger charge is 2.21. The van der Waals surface area contributed by atoms with E-state index in [4.69, 9.17) is 20.9 Å². The van der Waals surface area contributed by atoms with Crippen LogP contribution in [0.5, 0.6) is 5.75 Å². The van der Waals surface area contributed by atoms with Gasteiger partial charge in [-0.2, -0.15) is 0 Å². The molecule has 0 saturated heterocycles. The van der Waals surface area contributed by atoms with Gasteiger partial charge in [0.05, 0.1) is 6.61 Å². The summed E-state index contributed by atoms with van der Waals surface area (Å²) in [6.07, 6.45) is 0.936. The van der Waals surface area contributed by atoms with Crippen LogP contribution in [-0.2, 0) is 31.2 Å². The van der Waals surface area contributed by atoms with Crippen molar-refractivity contribution in [3.63, 3.8) is 0 Å². The number of rotatable bonds is 11. The summed E-state index contributed by atoms with van der Waals surface area (Å²) in [6, 6.07) is 17.1. The van der Waals surface area contributed by atoms with Crippen LogP contribution in [0.3, 0.4) is 0 Å². The van der Waals surface area contributed by atoms with E-state index in [2.05, 4.69) is 45.9 Å². The van der Waals surface area contributed by atoms with E-state index >= 15 is 0 Å². The first-order valence-electron chi connectivity index (χ1n) is 12.9. The van der Waals surface area contributed by atoms with E-state index in [0.717, 1.165) is 39.8 Å². The summed E-state index contributed by atoms with van der Waals surface area (Å²) >= 11 is 6.10. The number of hydrogen-bond donors (Lipinski definition) is 1. The predicted molar refractivity (Wildman–Crippen MR) is 155 cm³/mol. The Morgan fingerprint density at radius 1 is 1.03 bits per heavy atom. The molecule has 0 saturated carbocycles. The molecule has 3 rings (SSSR count). The minimum absolute atomic E-state index is 0.188. The quantitative estimate of drug-likeness (QED) is 0.189. The van der Waals surface area contributed by atoms with Crippen molar-refractivity contribution in [1.82, 2.24) is 0 Å². The van der Waals surface area contributed by atoms with Gasteiger partial charge in [0.2, 0.25) is 7.37 Å². The van der Waals surface area contributed by atoms with Crippen LogP contribution in [-0.4, -0.2) is 24.3 Å².